The van der Waals surface area contributed by atoms with Crippen LogP contribution in [0.2, 0.25) is 0 Å². The third kappa shape index (κ3) is 4.20. The van der Waals surface area contributed by atoms with Crippen LogP contribution in [0.25, 0.3) is 10.9 Å². The quantitative estimate of drug-likeness (QED) is 0.563. The molecule has 3 aromatic rings. The summed E-state index contributed by atoms with van der Waals surface area (Å²) in [4.78, 5) is 10.6. The number of aliphatic carboxylic acids is 1. The van der Waals surface area contributed by atoms with Crippen LogP contribution in [-0.4, -0.2) is 17.1 Å². The van der Waals surface area contributed by atoms with Crippen LogP contribution in [-0.2, 0) is 17.8 Å². The van der Waals surface area contributed by atoms with E-state index in [4.69, 9.17) is 4.74 Å². The van der Waals surface area contributed by atoms with Gasteiger partial charge in [0.25, 0.3) is 0 Å². The summed E-state index contributed by atoms with van der Waals surface area (Å²) in [5, 5.41) is 11.5. The van der Waals surface area contributed by atoms with Gasteiger partial charge >= 0.3 is 29.6 Å². The van der Waals surface area contributed by atoms with Gasteiger partial charge in [-0.15, -0.1) is 0 Å². The summed E-state index contributed by atoms with van der Waals surface area (Å²) < 4.78 is 7.57. The van der Waals surface area contributed by atoms with Gasteiger partial charge in [-0.2, -0.15) is 0 Å². The van der Waals surface area contributed by atoms with Gasteiger partial charge in [0, 0.05) is 17.6 Å². The Morgan fingerprint density at radius 3 is 2.58 bits per heavy atom. The van der Waals surface area contributed by atoms with E-state index in [0.29, 0.717) is 5.75 Å². The first kappa shape index (κ1) is 18.6. The van der Waals surface area contributed by atoms with Gasteiger partial charge in [-0.25, -0.2) is 0 Å². The van der Waals surface area contributed by atoms with Crippen molar-refractivity contribution in [2.45, 2.75) is 19.9 Å². The third-order valence-electron chi connectivity index (χ3n) is 3.93. The van der Waals surface area contributed by atoms with E-state index in [-0.39, 0.29) is 29.6 Å². The van der Waals surface area contributed by atoms with Crippen LogP contribution in [0.5, 0.6) is 5.75 Å². The predicted octanol–water partition coefficient (Wildman–Crippen LogP) is -0.675. The first-order valence-electron chi connectivity index (χ1n) is 7.60. The zero-order valence-electron chi connectivity index (χ0n) is 14.0. The molecule has 3 rings (SSSR count). The van der Waals surface area contributed by atoms with Gasteiger partial charge in [-0.1, -0.05) is 36.4 Å². The summed E-state index contributed by atoms with van der Waals surface area (Å²) >= 11 is 0. The van der Waals surface area contributed by atoms with Crippen LogP contribution in [0.15, 0.2) is 54.6 Å². The predicted molar refractivity (Wildman–Crippen MR) is 87.3 cm³/mol. The third-order valence-corrected chi connectivity index (χ3v) is 3.93. The molecular formula is C19H18NNaO3. The Labute approximate surface area is 163 Å². The molecule has 0 amide bonds. The number of fused-ring (bicyclic) bond motifs is 1. The second-order valence-corrected chi connectivity index (χ2v) is 5.52. The summed E-state index contributed by atoms with van der Waals surface area (Å²) in [6.45, 7) is 2.48. The van der Waals surface area contributed by atoms with Crippen molar-refractivity contribution in [2.24, 2.45) is 0 Å². The number of hydrogen-bond acceptors (Lipinski definition) is 3. The van der Waals surface area contributed by atoms with E-state index in [1.165, 1.54) is 5.56 Å². The molecule has 0 unspecified atom stereocenters. The van der Waals surface area contributed by atoms with Gasteiger partial charge in [0.15, 0.2) is 0 Å². The average Bonchev–Trinajstić information content (AvgIpc) is 2.88. The Hall–Kier alpha value is -1.75. The number of rotatable bonds is 6. The van der Waals surface area contributed by atoms with Crippen molar-refractivity contribution in [1.29, 1.82) is 0 Å². The standard InChI is InChI=1S/C19H19NO3.Na/c1-14-12-16-17(8-5-9-18(16)23-13-19(21)22)20(14)11-10-15-6-3-2-4-7-15;/h2-9,12H,10-11,13H2,1H3,(H,21,22);/q;+1/p-1. The molecule has 118 valence electrons. The molecular weight excluding hydrogens is 313 g/mol. The van der Waals surface area contributed by atoms with Gasteiger partial charge in [-0.05, 0) is 37.1 Å². The Morgan fingerprint density at radius 2 is 1.88 bits per heavy atom. The molecule has 0 saturated carbocycles. The Kier molecular flexibility index (Phi) is 6.49. The molecule has 24 heavy (non-hydrogen) atoms. The number of aryl methyl sites for hydroxylation is 3. The number of ether oxygens (including phenoxy) is 1. The van der Waals surface area contributed by atoms with E-state index < -0.39 is 12.6 Å². The summed E-state index contributed by atoms with van der Waals surface area (Å²) in [6, 6.07) is 18.1. The number of aromatic nitrogens is 1. The molecule has 0 bridgehead atoms. The fraction of sp³-hybridized carbons (Fsp3) is 0.211. The first-order valence-corrected chi connectivity index (χ1v) is 7.60. The maximum atomic E-state index is 10.6. The summed E-state index contributed by atoms with van der Waals surface area (Å²) in [6.07, 6.45) is 0.940. The summed E-state index contributed by atoms with van der Waals surface area (Å²) in [5.41, 5.74) is 3.47. The second-order valence-electron chi connectivity index (χ2n) is 5.52. The van der Waals surface area contributed by atoms with Crippen LogP contribution in [0, 0.1) is 6.92 Å². The monoisotopic (exact) mass is 331 g/mol. The van der Waals surface area contributed by atoms with E-state index in [1.54, 1.807) is 6.07 Å². The second kappa shape index (κ2) is 8.38. The Balaban J connectivity index is 0.00000208. The minimum atomic E-state index is -1.22. The van der Waals surface area contributed by atoms with Crippen molar-refractivity contribution in [3.05, 3.63) is 65.9 Å². The first-order chi connectivity index (χ1) is 11.1. The molecule has 0 aliphatic carbocycles. The van der Waals surface area contributed by atoms with Gasteiger partial charge < -0.3 is 19.2 Å². The van der Waals surface area contributed by atoms with Gasteiger partial charge in [0.05, 0.1) is 11.5 Å². The van der Waals surface area contributed by atoms with E-state index >= 15 is 0 Å². The molecule has 1 heterocycles. The smallest absolute Gasteiger partial charge is 0.546 e. The molecule has 0 atom stereocenters. The molecule has 0 saturated heterocycles. The minimum Gasteiger partial charge on any atom is -0.546 e. The average molecular weight is 331 g/mol. The molecule has 1 aromatic heterocycles. The zero-order valence-corrected chi connectivity index (χ0v) is 16.0. The van der Waals surface area contributed by atoms with E-state index in [2.05, 4.69) is 16.7 Å². The zero-order chi connectivity index (χ0) is 16.2. The Bertz CT molecular complexity index is 827. The number of carboxylic acid groups (broad SMARTS) is 1. The van der Waals surface area contributed by atoms with Gasteiger partial charge in [0.2, 0.25) is 0 Å². The topological polar surface area (TPSA) is 54.3 Å². The van der Waals surface area contributed by atoms with Crippen molar-refractivity contribution in [1.82, 2.24) is 4.57 Å². The molecule has 5 heteroatoms. The van der Waals surface area contributed by atoms with Crippen molar-refractivity contribution in [2.75, 3.05) is 6.61 Å². The molecule has 2 aromatic carbocycles. The summed E-state index contributed by atoms with van der Waals surface area (Å²) in [7, 11) is 0. The fourth-order valence-electron chi connectivity index (χ4n) is 2.83. The van der Waals surface area contributed by atoms with Crippen LogP contribution in [0.3, 0.4) is 0 Å². The molecule has 0 aliphatic heterocycles. The molecule has 0 aliphatic rings. The van der Waals surface area contributed by atoms with Crippen molar-refractivity contribution in [3.63, 3.8) is 0 Å². The van der Waals surface area contributed by atoms with Crippen LogP contribution >= 0.6 is 0 Å². The van der Waals surface area contributed by atoms with Crippen molar-refractivity contribution < 1.29 is 44.2 Å². The molecule has 4 nitrogen and oxygen atoms in total. The van der Waals surface area contributed by atoms with Gasteiger partial charge in [0.1, 0.15) is 12.4 Å². The van der Waals surface area contributed by atoms with Crippen molar-refractivity contribution in [3.8, 4) is 5.75 Å². The normalized spacial score (nSPS) is 10.4. The number of benzene rings is 2. The van der Waals surface area contributed by atoms with Crippen LogP contribution in [0.1, 0.15) is 11.3 Å². The number of nitrogens with zero attached hydrogens (tertiary/aromatic N) is 1. The number of carbonyl (C=O) groups is 1. The SMILES string of the molecule is Cc1cc2c(OCC(=O)[O-])cccc2n1CCc1ccccc1.[Na+]. The number of carboxylic acids is 1. The molecule has 0 N–H and O–H groups in total. The van der Waals surface area contributed by atoms with E-state index in [1.807, 2.05) is 43.3 Å². The largest absolute Gasteiger partial charge is 1.00 e. The maximum absolute atomic E-state index is 10.6. The van der Waals surface area contributed by atoms with Crippen molar-refractivity contribution >= 4 is 16.9 Å². The minimum absolute atomic E-state index is 0. The van der Waals surface area contributed by atoms with Crippen LogP contribution < -0.4 is 39.4 Å². The Morgan fingerprint density at radius 1 is 1.12 bits per heavy atom. The maximum Gasteiger partial charge on any atom is 1.00 e. The van der Waals surface area contributed by atoms with E-state index in [9.17, 15) is 9.90 Å². The number of carbonyl (C=O) groups excluding carboxylic acids is 1. The van der Waals surface area contributed by atoms with E-state index in [0.717, 1.165) is 29.6 Å². The number of hydrogen-bond donors (Lipinski definition) is 0. The summed E-state index contributed by atoms with van der Waals surface area (Å²) in [5.74, 6) is -0.643. The van der Waals surface area contributed by atoms with Crippen LogP contribution in [0.4, 0.5) is 0 Å². The molecule has 0 radical (unpaired) electrons. The van der Waals surface area contributed by atoms with Gasteiger partial charge in [-0.3, -0.25) is 0 Å². The molecule has 0 spiro atoms. The molecule has 0 fully saturated rings. The fourth-order valence-corrected chi connectivity index (χ4v) is 2.83.